The topological polar surface area (TPSA) is 100 Å². The Morgan fingerprint density at radius 3 is 2.59 bits per heavy atom. The quantitative estimate of drug-likeness (QED) is 0.586. The van der Waals surface area contributed by atoms with E-state index in [0.717, 1.165) is 22.6 Å². The van der Waals surface area contributed by atoms with Crippen molar-refractivity contribution in [3.63, 3.8) is 0 Å². The lowest BCUT2D eigenvalue weighted by atomic mass is 10.1. The van der Waals surface area contributed by atoms with Gasteiger partial charge in [-0.15, -0.1) is 0 Å². The van der Waals surface area contributed by atoms with Gasteiger partial charge in [-0.05, 0) is 26.0 Å². The van der Waals surface area contributed by atoms with E-state index in [1.807, 2.05) is 26.0 Å². The summed E-state index contributed by atoms with van der Waals surface area (Å²) in [6.07, 6.45) is 5.15. The van der Waals surface area contributed by atoms with Gasteiger partial charge in [-0.1, -0.05) is 12.1 Å². The number of aryl methyl sites for hydroxylation is 2. The highest BCUT2D eigenvalue weighted by Crippen LogP contribution is 2.26. The number of carbonyl (C=O) groups is 1. The molecule has 3 rings (SSSR count). The Kier molecular flexibility index (Phi) is 5.75. The molecule has 3 aromatic heterocycles. The van der Waals surface area contributed by atoms with Gasteiger partial charge >= 0.3 is 5.97 Å². The molecular formula is C19H20N4O4. The molecule has 0 bridgehead atoms. The van der Waals surface area contributed by atoms with Gasteiger partial charge in [0, 0.05) is 23.9 Å². The predicted molar refractivity (Wildman–Crippen MR) is 96.2 cm³/mol. The highest BCUT2D eigenvalue weighted by Gasteiger charge is 2.18. The van der Waals surface area contributed by atoms with Gasteiger partial charge in [0.1, 0.15) is 18.1 Å². The SMILES string of the molecule is CCOC(=O)c1cnc(OCc2c(-c3ccc(C)nc3)noc2CC)cn1. The van der Waals surface area contributed by atoms with Crippen molar-refractivity contribution in [3.05, 3.63) is 53.4 Å². The summed E-state index contributed by atoms with van der Waals surface area (Å²) in [4.78, 5) is 24.0. The predicted octanol–water partition coefficient (Wildman–Crippen LogP) is 3.15. The number of ether oxygens (including phenoxy) is 2. The van der Waals surface area contributed by atoms with Crippen LogP contribution in [-0.2, 0) is 17.8 Å². The zero-order chi connectivity index (χ0) is 19.2. The molecule has 0 atom stereocenters. The van der Waals surface area contributed by atoms with E-state index < -0.39 is 5.97 Å². The summed E-state index contributed by atoms with van der Waals surface area (Å²) in [5, 5.41) is 4.16. The number of esters is 1. The van der Waals surface area contributed by atoms with Crippen molar-refractivity contribution < 1.29 is 18.8 Å². The average Bonchev–Trinajstić information content (AvgIpc) is 3.10. The van der Waals surface area contributed by atoms with E-state index in [-0.39, 0.29) is 18.9 Å². The third-order valence-corrected chi connectivity index (χ3v) is 3.85. The van der Waals surface area contributed by atoms with E-state index in [4.69, 9.17) is 14.0 Å². The average molecular weight is 368 g/mol. The van der Waals surface area contributed by atoms with Crippen molar-refractivity contribution in [1.29, 1.82) is 0 Å². The first-order chi connectivity index (χ1) is 13.1. The summed E-state index contributed by atoms with van der Waals surface area (Å²) >= 11 is 0. The number of hydrogen-bond donors (Lipinski definition) is 0. The molecule has 3 aromatic rings. The lowest BCUT2D eigenvalue weighted by molar-refractivity contribution is 0.0518. The summed E-state index contributed by atoms with van der Waals surface area (Å²) in [5.74, 6) is 0.513. The molecule has 140 valence electrons. The van der Waals surface area contributed by atoms with Crippen LogP contribution in [0.25, 0.3) is 11.3 Å². The summed E-state index contributed by atoms with van der Waals surface area (Å²) in [7, 11) is 0. The molecule has 0 unspecified atom stereocenters. The third kappa shape index (κ3) is 4.28. The first-order valence-electron chi connectivity index (χ1n) is 8.64. The molecule has 8 nitrogen and oxygen atoms in total. The standard InChI is InChI=1S/C19H20N4O4/c1-4-16-14(18(23-27-16)13-7-6-12(3)20-8-13)11-26-17-10-21-15(9-22-17)19(24)25-5-2/h6-10H,4-5,11H2,1-3H3. The van der Waals surface area contributed by atoms with E-state index in [1.165, 1.54) is 12.4 Å². The molecule has 3 heterocycles. The second kappa shape index (κ2) is 8.39. The number of nitrogens with zero attached hydrogens (tertiary/aromatic N) is 4. The summed E-state index contributed by atoms with van der Waals surface area (Å²) in [5.41, 5.74) is 3.43. The van der Waals surface area contributed by atoms with Crippen LogP contribution in [0.4, 0.5) is 0 Å². The first kappa shape index (κ1) is 18.5. The third-order valence-electron chi connectivity index (χ3n) is 3.85. The molecule has 0 N–H and O–H groups in total. The minimum Gasteiger partial charge on any atom is -0.471 e. The highest BCUT2D eigenvalue weighted by atomic mass is 16.5. The molecular weight excluding hydrogens is 348 g/mol. The van der Waals surface area contributed by atoms with Gasteiger partial charge in [-0.25, -0.2) is 14.8 Å². The van der Waals surface area contributed by atoms with Gasteiger partial charge in [0.05, 0.1) is 24.6 Å². The molecule has 0 aromatic carbocycles. The van der Waals surface area contributed by atoms with E-state index in [2.05, 4.69) is 20.1 Å². The lowest BCUT2D eigenvalue weighted by Crippen LogP contribution is -2.08. The summed E-state index contributed by atoms with van der Waals surface area (Å²) in [6.45, 7) is 6.13. The van der Waals surface area contributed by atoms with Crippen molar-refractivity contribution in [2.45, 2.75) is 33.8 Å². The molecule has 0 saturated carbocycles. The van der Waals surface area contributed by atoms with Crippen LogP contribution in [0.2, 0.25) is 0 Å². The van der Waals surface area contributed by atoms with E-state index in [9.17, 15) is 4.79 Å². The molecule has 27 heavy (non-hydrogen) atoms. The van der Waals surface area contributed by atoms with E-state index in [0.29, 0.717) is 18.0 Å². The molecule has 0 aliphatic rings. The summed E-state index contributed by atoms with van der Waals surface area (Å²) in [6, 6.07) is 3.86. The Morgan fingerprint density at radius 1 is 1.11 bits per heavy atom. The van der Waals surface area contributed by atoms with Crippen molar-refractivity contribution in [1.82, 2.24) is 20.1 Å². The Hall–Kier alpha value is -3.29. The van der Waals surface area contributed by atoms with Crippen LogP contribution in [0.1, 0.15) is 41.4 Å². The molecule has 8 heteroatoms. The summed E-state index contributed by atoms with van der Waals surface area (Å²) < 4.78 is 16.0. The monoisotopic (exact) mass is 368 g/mol. The maximum atomic E-state index is 11.6. The van der Waals surface area contributed by atoms with E-state index >= 15 is 0 Å². The van der Waals surface area contributed by atoms with Gasteiger partial charge in [0.2, 0.25) is 5.88 Å². The number of hydrogen-bond acceptors (Lipinski definition) is 8. The number of aromatic nitrogens is 4. The molecule has 0 fully saturated rings. The second-order valence-electron chi connectivity index (χ2n) is 5.72. The zero-order valence-electron chi connectivity index (χ0n) is 15.4. The van der Waals surface area contributed by atoms with Crippen molar-refractivity contribution >= 4 is 5.97 Å². The maximum Gasteiger partial charge on any atom is 0.358 e. The van der Waals surface area contributed by atoms with Crippen molar-refractivity contribution in [2.24, 2.45) is 0 Å². The van der Waals surface area contributed by atoms with Gasteiger partial charge in [-0.2, -0.15) is 0 Å². The fraction of sp³-hybridized carbons (Fsp3) is 0.316. The molecule has 0 aliphatic heterocycles. The Bertz CT molecular complexity index is 904. The van der Waals surface area contributed by atoms with Crippen LogP contribution in [0.3, 0.4) is 0 Å². The fourth-order valence-electron chi connectivity index (χ4n) is 2.45. The van der Waals surface area contributed by atoms with Crippen LogP contribution in [0.15, 0.2) is 35.2 Å². The smallest absolute Gasteiger partial charge is 0.358 e. The van der Waals surface area contributed by atoms with Gasteiger partial charge in [-0.3, -0.25) is 4.98 Å². The van der Waals surface area contributed by atoms with Crippen LogP contribution < -0.4 is 4.74 Å². The lowest BCUT2D eigenvalue weighted by Gasteiger charge is -2.07. The number of carbonyl (C=O) groups excluding carboxylic acids is 1. The molecule has 0 saturated heterocycles. The minimum absolute atomic E-state index is 0.134. The Morgan fingerprint density at radius 2 is 1.96 bits per heavy atom. The van der Waals surface area contributed by atoms with Crippen LogP contribution in [-0.4, -0.2) is 32.7 Å². The highest BCUT2D eigenvalue weighted by molar-refractivity contribution is 5.86. The molecule has 0 spiro atoms. The largest absolute Gasteiger partial charge is 0.471 e. The maximum absolute atomic E-state index is 11.6. The van der Waals surface area contributed by atoms with Gasteiger partial charge < -0.3 is 14.0 Å². The van der Waals surface area contributed by atoms with Crippen LogP contribution >= 0.6 is 0 Å². The molecule has 0 amide bonds. The minimum atomic E-state index is -0.516. The van der Waals surface area contributed by atoms with Crippen LogP contribution in [0.5, 0.6) is 5.88 Å². The number of rotatable bonds is 7. The Labute approximate surface area is 156 Å². The Balaban J connectivity index is 1.76. The van der Waals surface area contributed by atoms with Gasteiger partial charge in [0.15, 0.2) is 5.69 Å². The molecule has 0 radical (unpaired) electrons. The fourth-order valence-corrected chi connectivity index (χ4v) is 2.45. The molecule has 0 aliphatic carbocycles. The first-order valence-corrected chi connectivity index (χ1v) is 8.64. The van der Waals surface area contributed by atoms with Crippen LogP contribution in [0, 0.1) is 6.92 Å². The normalized spacial score (nSPS) is 10.6. The zero-order valence-corrected chi connectivity index (χ0v) is 15.4. The second-order valence-corrected chi connectivity index (χ2v) is 5.72. The van der Waals surface area contributed by atoms with Crippen molar-refractivity contribution in [3.8, 4) is 17.1 Å². The number of pyridine rings is 1. The van der Waals surface area contributed by atoms with Crippen molar-refractivity contribution in [2.75, 3.05) is 6.61 Å². The van der Waals surface area contributed by atoms with E-state index in [1.54, 1.807) is 13.1 Å². The van der Waals surface area contributed by atoms with Gasteiger partial charge in [0.25, 0.3) is 0 Å².